The molecule has 2 aliphatic rings. The first kappa shape index (κ1) is 24.7. The standard InChI is InChI=1S/C19H35O9P/c1-11(2)24-10-19(21)9-13(5)7-16(19)27-29(22,23)28-18(20)17-15(25-12(3)4)8-14(6)26-17/h11-17,21H,7-10H2,1-6H3,(H,22,23)/p-1/t13-,14-,15+,16+,17-,19-/m0/s1. The van der Waals surface area contributed by atoms with Crippen molar-refractivity contribution in [2.45, 2.75) is 103 Å². The molecule has 0 aromatic carbocycles. The van der Waals surface area contributed by atoms with Crippen molar-refractivity contribution in [3.05, 3.63) is 0 Å². The third-order valence-electron chi connectivity index (χ3n) is 5.00. The van der Waals surface area contributed by atoms with Gasteiger partial charge in [0.1, 0.15) is 5.60 Å². The molecule has 1 saturated carbocycles. The van der Waals surface area contributed by atoms with Crippen LogP contribution in [0.4, 0.5) is 0 Å². The van der Waals surface area contributed by atoms with Gasteiger partial charge in [-0.05, 0) is 53.4 Å². The summed E-state index contributed by atoms with van der Waals surface area (Å²) in [6.45, 7) is 10.8. The van der Waals surface area contributed by atoms with Crippen molar-refractivity contribution in [1.82, 2.24) is 0 Å². The summed E-state index contributed by atoms with van der Waals surface area (Å²) < 4.78 is 38.8. The molecule has 1 heterocycles. The number of ether oxygens (including phenoxy) is 3. The molecule has 10 heteroatoms. The molecular weight excluding hydrogens is 403 g/mol. The van der Waals surface area contributed by atoms with Gasteiger partial charge in [0.05, 0.1) is 37.1 Å². The summed E-state index contributed by atoms with van der Waals surface area (Å²) in [6.07, 6.45) is -2.28. The van der Waals surface area contributed by atoms with E-state index in [9.17, 15) is 19.4 Å². The van der Waals surface area contributed by atoms with Gasteiger partial charge in [0.15, 0.2) is 6.10 Å². The van der Waals surface area contributed by atoms with E-state index in [0.29, 0.717) is 19.3 Å². The lowest BCUT2D eigenvalue weighted by Crippen LogP contribution is -2.45. The van der Waals surface area contributed by atoms with Crippen molar-refractivity contribution in [2.75, 3.05) is 6.61 Å². The number of hydrogen-bond donors (Lipinski definition) is 1. The molecule has 29 heavy (non-hydrogen) atoms. The van der Waals surface area contributed by atoms with Gasteiger partial charge in [0, 0.05) is 6.42 Å². The predicted octanol–water partition coefficient (Wildman–Crippen LogP) is 1.94. The fourth-order valence-electron chi connectivity index (χ4n) is 3.87. The third kappa shape index (κ3) is 6.99. The maximum absolute atomic E-state index is 12.4. The minimum Gasteiger partial charge on any atom is -0.746 e. The van der Waals surface area contributed by atoms with Gasteiger partial charge in [0.25, 0.3) is 0 Å². The number of hydrogen-bond acceptors (Lipinski definition) is 9. The van der Waals surface area contributed by atoms with Gasteiger partial charge in [-0.2, -0.15) is 0 Å². The molecule has 2 fully saturated rings. The Morgan fingerprint density at radius 2 is 1.90 bits per heavy atom. The summed E-state index contributed by atoms with van der Waals surface area (Å²) in [5.74, 6) is -1.05. The number of phosphoric ester groups is 1. The van der Waals surface area contributed by atoms with Crippen LogP contribution in [0.15, 0.2) is 0 Å². The van der Waals surface area contributed by atoms with Gasteiger partial charge in [-0.25, -0.2) is 4.79 Å². The molecule has 170 valence electrons. The van der Waals surface area contributed by atoms with E-state index in [2.05, 4.69) is 4.52 Å². The number of rotatable bonds is 9. The highest BCUT2D eigenvalue weighted by Gasteiger charge is 2.48. The number of phosphoric acid groups is 1. The lowest BCUT2D eigenvalue weighted by Gasteiger charge is -2.34. The van der Waals surface area contributed by atoms with Crippen LogP contribution in [-0.2, 0) is 32.6 Å². The average molecular weight is 437 g/mol. The zero-order valence-corrected chi connectivity index (χ0v) is 18.9. The Kier molecular flexibility index (Phi) is 8.29. The topological polar surface area (TPSA) is 124 Å². The van der Waals surface area contributed by atoms with Gasteiger partial charge in [-0.1, -0.05) is 6.92 Å². The molecule has 0 radical (unpaired) electrons. The smallest absolute Gasteiger partial charge is 0.343 e. The second kappa shape index (κ2) is 9.73. The molecule has 0 aromatic heterocycles. The lowest BCUT2D eigenvalue weighted by molar-refractivity contribution is -0.238. The first-order valence-corrected chi connectivity index (χ1v) is 11.6. The Morgan fingerprint density at radius 1 is 1.24 bits per heavy atom. The Morgan fingerprint density at radius 3 is 2.48 bits per heavy atom. The van der Waals surface area contributed by atoms with Crippen molar-refractivity contribution < 1.29 is 42.6 Å². The highest BCUT2D eigenvalue weighted by molar-refractivity contribution is 7.46. The van der Waals surface area contributed by atoms with E-state index in [4.69, 9.17) is 18.7 Å². The van der Waals surface area contributed by atoms with E-state index in [0.717, 1.165) is 0 Å². The van der Waals surface area contributed by atoms with Crippen molar-refractivity contribution in [1.29, 1.82) is 0 Å². The van der Waals surface area contributed by atoms with E-state index in [-0.39, 0.29) is 30.8 Å². The molecule has 7 atom stereocenters. The maximum atomic E-state index is 12.4. The van der Waals surface area contributed by atoms with Crippen LogP contribution in [0.5, 0.6) is 0 Å². The molecular formula is C19H34O9P-. The summed E-state index contributed by atoms with van der Waals surface area (Å²) in [6, 6.07) is 0. The van der Waals surface area contributed by atoms with Crippen molar-refractivity contribution in [3.8, 4) is 0 Å². The van der Waals surface area contributed by atoms with Crippen LogP contribution in [0.1, 0.15) is 60.8 Å². The summed E-state index contributed by atoms with van der Waals surface area (Å²) in [5, 5.41) is 10.9. The monoisotopic (exact) mass is 437 g/mol. The van der Waals surface area contributed by atoms with Gasteiger partial charge in [-0.15, -0.1) is 0 Å². The van der Waals surface area contributed by atoms with E-state index in [1.165, 1.54) is 0 Å². The van der Waals surface area contributed by atoms with Gasteiger partial charge in [0.2, 0.25) is 0 Å². The normalized spacial score (nSPS) is 37.2. The second-order valence-corrected chi connectivity index (χ2v) is 10.1. The molecule has 1 saturated heterocycles. The highest BCUT2D eigenvalue weighted by Crippen LogP contribution is 2.48. The highest BCUT2D eigenvalue weighted by atomic mass is 31.2. The Balaban J connectivity index is 2.02. The van der Waals surface area contributed by atoms with E-state index < -0.39 is 37.7 Å². The van der Waals surface area contributed by atoms with E-state index in [1.807, 2.05) is 34.6 Å². The van der Waals surface area contributed by atoms with Crippen LogP contribution in [-0.4, -0.2) is 59.9 Å². The van der Waals surface area contributed by atoms with Crippen LogP contribution in [0.3, 0.4) is 0 Å². The molecule has 0 bridgehead atoms. The fourth-order valence-corrected chi connectivity index (χ4v) is 4.84. The summed E-state index contributed by atoms with van der Waals surface area (Å²) >= 11 is 0. The molecule has 1 aliphatic carbocycles. The van der Waals surface area contributed by atoms with Crippen molar-refractivity contribution >= 4 is 13.8 Å². The summed E-state index contributed by atoms with van der Waals surface area (Å²) in [5.41, 5.74) is -1.47. The fraction of sp³-hybridized carbons (Fsp3) is 0.947. The molecule has 1 N–H and O–H groups in total. The van der Waals surface area contributed by atoms with Crippen molar-refractivity contribution in [2.24, 2.45) is 5.92 Å². The zero-order chi connectivity index (χ0) is 22.0. The molecule has 2 rings (SSSR count). The first-order valence-electron chi connectivity index (χ1n) is 10.2. The third-order valence-corrected chi connectivity index (χ3v) is 5.92. The molecule has 1 unspecified atom stereocenters. The minimum atomic E-state index is -5.04. The van der Waals surface area contributed by atoms with Crippen LogP contribution in [0.2, 0.25) is 0 Å². The average Bonchev–Trinajstić information content (AvgIpc) is 3.03. The quantitative estimate of drug-likeness (QED) is 0.539. The number of carbonyl (C=O) groups is 1. The molecule has 0 spiro atoms. The van der Waals surface area contributed by atoms with Crippen LogP contribution < -0.4 is 4.89 Å². The first-order chi connectivity index (χ1) is 13.3. The van der Waals surface area contributed by atoms with E-state index in [1.54, 1.807) is 6.92 Å². The Bertz CT molecular complexity index is 610. The van der Waals surface area contributed by atoms with Gasteiger partial charge >= 0.3 is 13.8 Å². The molecule has 1 aliphatic heterocycles. The lowest BCUT2D eigenvalue weighted by atomic mass is 10.0. The van der Waals surface area contributed by atoms with Crippen LogP contribution in [0, 0.1) is 5.92 Å². The maximum Gasteiger partial charge on any atom is 0.343 e. The second-order valence-electron chi connectivity index (χ2n) is 8.79. The predicted molar refractivity (Wildman–Crippen MR) is 102 cm³/mol. The molecule has 9 nitrogen and oxygen atoms in total. The summed E-state index contributed by atoms with van der Waals surface area (Å²) in [7, 11) is -5.04. The molecule has 0 amide bonds. The van der Waals surface area contributed by atoms with E-state index >= 15 is 0 Å². The number of carbonyl (C=O) groups excluding carboxylic acids is 1. The Hall–Kier alpha value is -0.540. The molecule has 0 aromatic rings. The SMILES string of the molecule is CC(C)OC[C@@]1(O)C[C@@H](C)C[C@H]1OP(=O)([O-])OC(=O)[C@H]1O[C@@H](C)C[C@H]1OC(C)C. The summed E-state index contributed by atoms with van der Waals surface area (Å²) in [4.78, 5) is 24.9. The number of aliphatic hydroxyl groups is 1. The van der Waals surface area contributed by atoms with Gasteiger partial charge in [-0.3, -0.25) is 4.57 Å². The Labute approximate surface area is 172 Å². The van der Waals surface area contributed by atoms with Crippen LogP contribution in [0.25, 0.3) is 0 Å². The van der Waals surface area contributed by atoms with Crippen LogP contribution >= 0.6 is 7.82 Å². The van der Waals surface area contributed by atoms with Gasteiger partial charge < -0.3 is 33.3 Å². The minimum absolute atomic E-state index is 0.0271. The largest absolute Gasteiger partial charge is 0.746 e. The van der Waals surface area contributed by atoms with Crippen molar-refractivity contribution in [3.63, 3.8) is 0 Å². The zero-order valence-electron chi connectivity index (χ0n) is 18.0.